The molecular formula is C13H20N2O. The first-order valence-corrected chi connectivity index (χ1v) is 5.57. The van der Waals surface area contributed by atoms with Crippen molar-refractivity contribution in [2.75, 3.05) is 6.54 Å². The molecule has 0 aromatic heterocycles. The molecule has 0 aliphatic carbocycles. The second kappa shape index (κ2) is 5.66. The third kappa shape index (κ3) is 5.51. The van der Waals surface area contributed by atoms with Gasteiger partial charge in [0.1, 0.15) is 0 Å². The molecule has 0 aliphatic rings. The van der Waals surface area contributed by atoms with E-state index in [9.17, 15) is 4.79 Å². The average molecular weight is 220 g/mol. The third-order valence-corrected chi connectivity index (χ3v) is 2.22. The highest BCUT2D eigenvalue weighted by molar-refractivity contribution is 5.76. The van der Waals surface area contributed by atoms with Gasteiger partial charge in [-0.05, 0) is 25.8 Å². The Balaban J connectivity index is 2.26. The Morgan fingerprint density at radius 2 is 1.94 bits per heavy atom. The number of hydrogen-bond donors (Lipinski definition) is 2. The second-order valence-corrected chi connectivity index (χ2v) is 4.75. The summed E-state index contributed by atoms with van der Waals surface area (Å²) in [6.45, 7) is 4.30. The van der Waals surface area contributed by atoms with Crippen LogP contribution in [0.2, 0.25) is 0 Å². The van der Waals surface area contributed by atoms with E-state index in [-0.39, 0.29) is 11.4 Å². The lowest BCUT2D eigenvalue weighted by Gasteiger charge is -2.18. The molecule has 3 N–H and O–H groups in total. The van der Waals surface area contributed by atoms with E-state index in [0.717, 1.165) is 6.42 Å². The quantitative estimate of drug-likeness (QED) is 0.789. The van der Waals surface area contributed by atoms with E-state index in [1.807, 2.05) is 44.2 Å². The Labute approximate surface area is 97.0 Å². The van der Waals surface area contributed by atoms with Gasteiger partial charge >= 0.3 is 0 Å². The van der Waals surface area contributed by atoms with Crippen LogP contribution < -0.4 is 11.1 Å². The molecule has 1 amide bonds. The monoisotopic (exact) mass is 220 g/mol. The van der Waals surface area contributed by atoms with E-state index in [2.05, 4.69) is 5.32 Å². The summed E-state index contributed by atoms with van der Waals surface area (Å²) >= 11 is 0. The molecule has 88 valence electrons. The fourth-order valence-electron chi connectivity index (χ4n) is 1.32. The molecule has 1 aromatic rings. The second-order valence-electron chi connectivity index (χ2n) is 4.75. The summed E-state index contributed by atoms with van der Waals surface area (Å²) in [5.74, 6) is 0.0578. The average Bonchev–Trinajstić information content (AvgIpc) is 2.24. The standard InChI is InChI=1S/C13H20N2O/c1-13(2,14)10-15-12(16)9-8-11-6-4-3-5-7-11/h3-7H,8-10,14H2,1-2H3,(H,15,16). The van der Waals surface area contributed by atoms with Crippen molar-refractivity contribution in [2.45, 2.75) is 32.2 Å². The van der Waals surface area contributed by atoms with Crippen LogP contribution in [-0.4, -0.2) is 18.0 Å². The Kier molecular flexibility index (Phi) is 4.50. The van der Waals surface area contributed by atoms with Crippen LogP contribution in [0, 0.1) is 0 Å². The number of nitrogens with two attached hydrogens (primary N) is 1. The minimum Gasteiger partial charge on any atom is -0.354 e. The summed E-state index contributed by atoms with van der Waals surface area (Å²) in [5, 5.41) is 2.83. The van der Waals surface area contributed by atoms with Gasteiger partial charge in [0.2, 0.25) is 5.91 Å². The first-order chi connectivity index (χ1) is 7.47. The topological polar surface area (TPSA) is 55.1 Å². The first kappa shape index (κ1) is 12.7. The molecule has 16 heavy (non-hydrogen) atoms. The highest BCUT2D eigenvalue weighted by Crippen LogP contribution is 2.02. The number of aryl methyl sites for hydroxylation is 1. The van der Waals surface area contributed by atoms with Crippen LogP contribution in [0.5, 0.6) is 0 Å². The molecule has 0 aliphatic heterocycles. The first-order valence-electron chi connectivity index (χ1n) is 5.57. The number of carbonyl (C=O) groups is 1. The lowest BCUT2D eigenvalue weighted by molar-refractivity contribution is -0.121. The highest BCUT2D eigenvalue weighted by atomic mass is 16.1. The number of amides is 1. The molecular weight excluding hydrogens is 200 g/mol. The smallest absolute Gasteiger partial charge is 0.220 e. The van der Waals surface area contributed by atoms with E-state index < -0.39 is 0 Å². The third-order valence-electron chi connectivity index (χ3n) is 2.22. The van der Waals surface area contributed by atoms with Crippen molar-refractivity contribution in [1.29, 1.82) is 0 Å². The van der Waals surface area contributed by atoms with E-state index in [4.69, 9.17) is 5.73 Å². The zero-order chi connectivity index (χ0) is 12.0. The molecule has 3 nitrogen and oxygen atoms in total. The maximum Gasteiger partial charge on any atom is 0.220 e. The lowest BCUT2D eigenvalue weighted by Crippen LogP contribution is -2.45. The fourth-order valence-corrected chi connectivity index (χ4v) is 1.32. The van der Waals surface area contributed by atoms with Gasteiger partial charge in [0.05, 0.1) is 0 Å². The number of nitrogens with one attached hydrogen (secondary N) is 1. The predicted molar refractivity (Wildman–Crippen MR) is 66.0 cm³/mol. The van der Waals surface area contributed by atoms with Gasteiger partial charge < -0.3 is 11.1 Å². The summed E-state index contributed by atoms with van der Waals surface area (Å²) in [6.07, 6.45) is 1.29. The van der Waals surface area contributed by atoms with Crippen LogP contribution in [0.3, 0.4) is 0 Å². The minimum atomic E-state index is -0.345. The van der Waals surface area contributed by atoms with E-state index >= 15 is 0 Å². The van der Waals surface area contributed by atoms with Crippen molar-refractivity contribution in [3.05, 3.63) is 35.9 Å². The van der Waals surface area contributed by atoms with Gasteiger partial charge in [-0.2, -0.15) is 0 Å². The Morgan fingerprint density at radius 3 is 2.50 bits per heavy atom. The number of carbonyl (C=O) groups excluding carboxylic acids is 1. The summed E-state index contributed by atoms with van der Waals surface area (Å²) in [4.78, 5) is 11.5. The number of hydrogen-bond acceptors (Lipinski definition) is 2. The summed E-state index contributed by atoms with van der Waals surface area (Å²) in [6, 6.07) is 9.99. The van der Waals surface area contributed by atoms with Crippen LogP contribution in [-0.2, 0) is 11.2 Å². The van der Waals surface area contributed by atoms with Gasteiger partial charge in [-0.1, -0.05) is 30.3 Å². The van der Waals surface area contributed by atoms with Gasteiger partial charge in [-0.25, -0.2) is 0 Å². The number of benzene rings is 1. The Bertz CT molecular complexity index is 328. The molecule has 0 unspecified atom stereocenters. The Hall–Kier alpha value is -1.35. The van der Waals surface area contributed by atoms with Gasteiger partial charge in [-0.15, -0.1) is 0 Å². The van der Waals surface area contributed by atoms with Crippen LogP contribution in [0.15, 0.2) is 30.3 Å². The van der Waals surface area contributed by atoms with Crippen LogP contribution in [0.1, 0.15) is 25.8 Å². The van der Waals surface area contributed by atoms with Crippen LogP contribution in [0.25, 0.3) is 0 Å². The van der Waals surface area contributed by atoms with E-state index in [0.29, 0.717) is 13.0 Å². The Morgan fingerprint density at radius 1 is 1.31 bits per heavy atom. The van der Waals surface area contributed by atoms with Crippen molar-refractivity contribution in [3.63, 3.8) is 0 Å². The SMILES string of the molecule is CC(C)(N)CNC(=O)CCc1ccccc1. The normalized spacial score (nSPS) is 11.2. The van der Waals surface area contributed by atoms with Gasteiger partial charge in [0.25, 0.3) is 0 Å². The molecule has 0 heterocycles. The molecule has 3 heteroatoms. The molecule has 0 saturated heterocycles. The molecule has 0 saturated carbocycles. The van der Waals surface area contributed by atoms with Crippen LogP contribution >= 0.6 is 0 Å². The van der Waals surface area contributed by atoms with Gasteiger partial charge in [0, 0.05) is 18.5 Å². The van der Waals surface area contributed by atoms with E-state index in [1.54, 1.807) is 0 Å². The maximum atomic E-state index is 11.5. The summed E-state index contributed by atoms with van der Waals surface area (Å²) in [5.41, 5.74) is 6.62. The maximum absolute atomic E-state index is 11.5. The molecule has 0 radical (unpaired) electrons. The van der Waals surface area contributed by atoms with Crippen molar-refractivity contribution in [1.82, 2.24) is 5.32 Å². The predicted octanol–water partition coefficient (Wildman–Crippen LogP) is 1.47. The largest absolute Gasteiger partial charge is 0.354 e. The molecule has 1 rings (SSSR count). The van der Waals surface area contributed by atoms with Crippen molar-refractivity contribution >= 4 is 5.91 Å². The molecule has 0 atom stereocenters. The van der Waals surface area contributed by atoms with Crippen molar-refractivity contribution in [2.24, 2.45) is 5.73 Å². The van der Waals surface area contributed by atoms with Gasteiger partial charge in [-0.3, -0.25) is 4.79 Å². The zero-order valence-corrected chi connectivity index (χ0v) is 9.99. The van der Waals surface area contributed by atoms with Crippen molar-refractivity contribution in [3.8, 4) is 0 Å². The molecule has 0 fully saturated rings. The fraction of sp³-hybridized carbons (Fsp3) is 0.462. The lowest BCUT2D eigenvalue weighted by atomic mass is 10.1. The summed E-state index contributed by atoms with van der Waals surface area (Å²) in [7, 11) is 0. The zero-order valence-electron chi connectivity index (χ0n) is 9.99. The molecule has 0 bridgehead atoms. The van der Waals surface area contributed by atoms with Crippen molar-refractivity contribution < 1.29 is 4.79 Å². The van der Waals surface area contributed by atoms with Crippen LogP contribution in [0.4, 0.5) is 0 Å². The minimum absolute atomic E-state index is 0.0578. The molecule has 0 spiro atoms. The van der Waals surface area contributed by atoms with E-state index in [1.165, 1.54) is 5.56 Å². The number of rotatable bonds is 5. The highest BCUT2D eigenvalue weighted by Gasteiger charge is 2.11. The molecule has 1 aromatic carbocycles. The summed E-state index contributed by atoms with van der Waals surface area (Å²) < 4.78 is 0. The van der Waals surface area contributed by atoms with Gasteiger partial charge in [0.15, 0.2) is 0 Å².